The summed E-state index contributed by atoms with van der Waals surface area (Å²) in [5.41, 5.74) is 0.603. The van der Waals surface area contributed by atoms with Crippen molar-refractivity contribution in [3.8, 4) is 5.69 Å². The van der Waals surface area contributed by atoms with E-state index < -0.39 is 0 Å². The number of carbonyl (C=O) groups excluding carboxylic acids is 1. The van der Waals surface area contributed by atoms with Crippen LogP contribution in [0.15, 0.2) is 35.1 Å². The Labute approximate surface area is 146 Å². The zero-order valence-corrected chi connectivity index (χ0v) is 14.5. The van der Waals surface area contributed by atoms with Gasteiger partial charge in [-0.05, 0) is 37.8 Å². The number of likely N-dealkylation sites (tertiary alicyclic amines) is 1. The minimum atomic E-state index is -0.217. The molecule has 1 aromatic carbocycles. The maximum absolute atomic E-state index is 12.1. The van der Waals surface area contributed by atoms with E-state index in [-0.39, 0.29) is 18.2 Å². The van der Waals surface area contributed by atoms with Crippen molar-refractivity contribution in [2.45, 2.75) is 26.2 Å². The fourth-order valence-electron chi connectivity index (χ4n) is 3.24. The van der Waals surface area contributed by atoms with Gasteiger partial charge in [0.25, 0.3) is 0 Å². The number of aromatic nitrogens is 3. The minimum Gasteiger partial charge on any atom is -0.372 e. The number of para-hydroxylation sites is 1. The van der Waals surface area contributed by atoms with Gasteiger partial charge in [0.2, 0.25) is 5.91 Å². The molecular weight excluding hydrogens is 320 g/mol. The highest BCUT2D eigenvalue weighted by atomic mass is 16.5. The third-order valence-corrected chi connectivity index (χ3v) is 4.62. The van der Waals surface area contributed by atoms with Crippen LogP contribution in [-0.4, -0.2) is 51.9 Å². The molecule has 0 unspecified atom stereocenters. The Bertz CT molecular complexity index is 745. The molecule has 0 saturated carbocycles. The first-order valence-electron chi connectivity index (χ1n) is 8.76. The number of hydrogen-bond acceptors (Lipinski definition) is 4. The molecule has 1 amide bonds. The van der Waals surface area contributed by atoms with E-state index in [0.29, 0.717) is 12.5 Å². The lowest BCUT2D eigenvalue weighted by Gasteiger charge is -2.31. The summed E-state index contributed by atoms with van der Waals surface area (Å²) < 4.78 is 6.83. The van der Waals surface area contributed by atoms with Crippen LogP contribution < -0.4 is 5.69 Å². The Morgan fingerprint density at radius 3 is 2.68 bits per heavy atom. The van der Waals surface area contributed by atoms with Gasteiger partial charge in [0.05, 0.1) is 5.69 Å². The van der Waals surface area contributed by atoms with E-state index in [1.54, 1.807) is 4.57 Å². The monoisotopic (exact) mass is 344 g/mol. The molecule has 0 bridgehead atoms. The maximum Gasteiger partial charge on any atom is 0.347 e. The van der Waals surface area contributed by atoms with Crippen LogP contribution in [-0.2, 0) is 16.0 Å². The average molecular weight is 344 g/mol. The van der Waals surface area contributed by atoms with Crippen molar-refractivity contribution in [1.29, 1.82) is 0 Å². The molecule has 0 atom stereocenters. The van der Waals surface area contributed by atoms with E-state index in [1.165, 1.54) is 0 Å². The second-order valence-electron chi connectivity index (χ2n) is 6.28. The van der Waals surface area contributed by atoms with E-state index in [1.807, 2.05) is 42.2 Å². The Kier molecular flexibility index (Phi) is 5.65. The molecule has 1 saturated heterocycles. The quantitative estimate of drug-likeness (QED) is 0.858. The number of rotatable bonds is 6. The van der Waals surface area contributed by atoms with Gasteiger partial charge in [-0.15, -0.1) is 0 Å². The molecule has 1 aromatic heterocycles. The van der Waals surface area contributed by atoms with Gasteiger partial charge in [-0.3, -0.25) is 4.79 Å². The molecule has 0 spiro atoms. The first-order valence-corrected chi connectivity index (χ1v) is 8.76. The van der Waals surface area contributed by atoms with Crippen molar-refractivity contribution >= 4 is 5.91 Å². The summed E-state index contributed by atoms with van der Waals surface area (Å²) in [6, 6.07) is 9.52. The van der Waals surface area contributed by atoms with Gasteiger partial charge in [0.1, 0.15) is 12.4 Å². The predicted octanol–water partition coefficient (Wildman–Crippen LogP) is 1.38. The highest BCUT2D eigenvalue weighted by Gasteiger charge is 2.24. The standard InChI is InChI=1S/C18H24N4O3/c1-2-25-13-17(23)21-10-8-14(9-11-21)12-16-19-20-18(24)22(16)15-6-4-3-5-7-15/h3-7,14H,2,8-13H2,1H3,(H,20,24). The SMILES string of the molecule is CCOCC(=O)N1CCC(Cc2n[nH]c(=O)n2-c2ccccc2)CC1. The van der Waals surface area contributed by atoms with Crippen molar-refractivity contribution in [3.63, 3.8) is 0 Å². The molecular formula is C18H24N4O3. The number of carbonyl (C=O) groups is 1. The zero-order valence-electron chi connectivity index (χ0n) is 14.5. The van der Waals surface area contributed by atoms with Crippen LogP contribution in [0.25, 0.3) is 5.69 Å². The number of hydrogen-bond donors (Lipinski definition) is 1. The smallest absolute Gasteiger partial charge is 0.347 e. The third-order valence-electron chi connectivity index (χ3n) is 4.62. The lowest BCUT2D eigenvalue weighted by atomic mass is 9.93. The minimum absolute atomic E-state index is 0.0567. The fraction of sp³-hybridized carbons (Fsp3) is 0.500. The van der Waals surface area contributed by atoms with E-state index in [0.717, 1.165) is 43.9 Å². The molecule has 7 nitrogen and oxygen atoms in total. The largest absolute Gasteiger partial charge is 0.372 e. The van der Waals surface area contributed by atoms with Gasteiger partial charge in [0.15, 0.2) is 0 Å². The normalized spacial score (nSPS) is 15.5. The van der Waals surface area contributed by atoms with Gasteiger partial charge < -0.3 is 9.64 Å². The van der Waals surface area contributed by atoms with Crippen LogP contribution in [0.1, 0.15) is 25.6 Å². The van der Waals surface area contributed by atoms with Gasteiger partial charge in [-0.25, -0.2) is 14.5 Å². The first kappa shape index (κ1) is 17.4. The summed E-state index contributed by atoms with van der Waals surface area (Å²) >= 11 is 0. The second-order valence-corrected chi connectivity index (χ2v) is 6.28. The summed E-state index contributed by atoms with van der Waals surface area (Å²) in [4.78, 5) is 26.0. The average Bonchev–Trinajstić information content (AvgIpc) is 3.01. The number of H-pyrrole nitrogens is 1. The third kappa shape index (κ3) is 4.17. The molecule has 2 aromatic rings. The Hall–Kier alpha value is -2.41. The van der Waals surface area contributed by atoms with Gasteiger partial charge in [-0.1, -0.05) is 18.2 Å². The number of nitrogens with one attached hydrogen (secondary N) is 1. The van der Waals surface area contributed by atoms with Crippen molar-refractivity contribution in [1.82, 2.24) is 19.7 Å². The van der Waals surface area contributed by atoms with E-state index >= 15 is 0 Å². The van der Waals surface area contributed by atoms with E-state index in [4.69, 9.17) is 4.74 Å². The van der Waals surface area contributed by atoms with Crippen LogP contribution in [0.3, 0.4) is 0 Å². The van der Waals surface area contributed by atoms with Gasteiger partial charge >= 0.3 is 5.69 Å². The van der Waals surface area contributed by atoms with Crippen LogP contribution in [0, 0.1) is 5.92 Å². The highest BCUT2D eigenvalue weighted by molar-refractivity contribution is 5.77. The van der Waals surface area contributed by atoms with Crippen molar-refractivity contribution in [2.24, 2.45) is 5.92 Å². The number of benzene rings is 1. The number of piperidine rings is 1. The second kappa shape index (κ2) is 8.11. The Morgan fingerprint density at radius 1 is 1.28 bits per heavy atom. The molecule has 7 heteroatoms. The summed E-state index contributed by atoms with van der Waals surface area (Å²) in [6.07, 6.45) is 2.54. The molecule has 3 rings (SSSR count). The summed E-state index contributed by atoms with van der Waals surface area (Å²) in [7, 11) is 0. The fourth-order valence-corrected chi connectivity index (χ4v) is 3.24. The van der Waals surface area contributed by atoms with Crippen LogP contribution >= 0.6 is 0 Å². The van der Waals surface area contributed by atoms with Crippen LogP contribution in [0.5, 0.6) is 0 Å². The van der Waals surface area contributed by atoms with Crippen molar-refractivity contribution < 1.29 is 9.53 Å². The molecule has 25 heavy (non-hydrogen) atoms. The zero-order chi connectivity index (χ0) is 17.6. The first-order chi connectivity index (χ1) is 12.2. The highest BCUT2D eigenvalue weighted by Crippen LogP contribution is 2.21. The van der Waals surface area contributed by atoms with Crippen LogP contribution in [0.2, 0.25) is 0 Å². The summed E-state index contributed by atoms with van der Waals surface area (Å²) in [6.45, 7) is 4.06. The Balaban J connectivity index is 1.62. The Morgan fingerprint density at radius 2 is 2.00 bits per heavy atom. The summed E-state index contributed by atoms with van der Waals surface area (Å²) in [5.74, 6) is 1.21. The topological polar surface area (TPSA) is 80.2 Å². The molecule has 0 aliphatic carbocycles. The number of amides is 1. The van der Waals surface area contributed by atoms with Crippen molar-refractivity contribution in [3.05, 3.63) is 46.6 Å². The molecule has 1 aliphatic rings. The van der Waals surface area contributed by atoms with E-state index in [2.05, 4.69) is 10.2 Å². The molecule has 0 radical (unpaired) electrons. The lowest BCUT2D eigenvalue weighted by Crippen LogP contribution is -2.41. The molecule has 134 valence electrons. The lowest BCUT2D eigenvalue weighted by molar-refractivity contribution is -0.137. The molecule has 1 fully saturated rings. The number of ether oxygens (including phenoxy) is 1. The van der Waals surface area contributed by atoms with Gasteiger partial charge in [0, 0.05) is 26.1 Å². The molecule has 1 N–H and O–H groups in total. The molecule has 1 aliphatic heterocycles. The maximum atomic E-state index is 12.1. The predicted molar refractivity (Wildman–Crippen MR) is 93.7 cm³/mol. The van der Waals surface area contributed by atoms with E-state index in [9.17, 15) is 9.59 Å². The number of aromatic amines is 1. The van der Waals surface area contributed by atoms with Gasteiger partial charge in [-0.2, -0.15) is 5.10 Å². The molecule has 2 heterocycles. The van der Waals surface area contributed by atoms with Crippen LogP contribution in [0.4, 0.5) is 0 Å². The summed E-state index contributed by atoms with van der Waals surface area (Å²) in [5, 5.41) is 6.76. The van der Waals surface area contributed by atoms with Crippen molar-refractivity contribution in [2.75, 3.05) is 26.3 Å². The number of nitrogens with zero attached hydrogens (tertiary/aromatic N) is 3.